The van der Waals surface area contributed by atoms with Gasteiger partial charge in [0.25, 0.3) is 5.91 Å². The number of nitrogens with zero attached hydrogens (tertiary/aromatic N) is 1. The number of carbonyl (C=O) groups excluding carboxylic acids is 1. The maximum absolute atomic E-state index is 11.8. The standard InChI is InChI=1S/C17H20N2O2/c1-3-4-12-19-17(20)15(13-18)10-7-9-14-8-5-6-11-16(14)21-2/h5-11H,3-4,12H2,1-2H3,(H,19,20)/b9-7-,15-10+. The van der Waals surface area contributed by atoms with Gasteiger partial charge in [-0.3, -0.25) is 4.79 Å². The molecule has 0 saturated heterocycles. The molecular weight excluding hydrogens is 264 g/mol. The van der Waals surface area contributed by atoms with Crippen LogP contribution in [0.2, 0.25) is 0 Å². The van der Waals surface area contributed by atoms with Gasteiger partial charge in [-0.2, -0.15) is 5.26 Å². The fraction of sp³-hybridized carbons (Fsp3) is 0.294. The molecule has 0 heterocycles. The molecule has 1 amide bonds. The van der Waals surface area contributed by atoms with Gasteiger partial charge in [0.05, 0.1) is 7.11 Å². The second kappa shape index (κ2) is 9.38. The SMILES string of the molecule is CCCCNC(=O)/C(C#N)=C/C=C\c1ccccc1OC. The van der Waals surface area contributed by atoms with Crippen LogP contribution in [0.25, 0.3) is 6.08 Å². The number of allylic oxidation sites excluding steroid dienone is 2. The van der Waals surface area contributed by atoms with Crippen LogP contribution in [0.1, 0.15) is 25.3 Å². The van der Waals surface area contributed by atoms with E-state index < -0.39 is 0 Å². The van der Waals surface area contributed by atoms with Crippen LogP contribution in [-0.2, 0) is 4.79 Å². The number of nitrogens with one attached hydrogen (secondary N) is 1. The molecule has 0 spiro atoms. The molecule has 1 aromatic carbocycles. The Morgan fingerprint density at radius 1 is 1.43 bits per heavy atom. The van der Waals surface area contributed by atoms with Crippen LogP contribution in [0.4, 0.5) is 0 Å². The van der Waals surface area contributed by atoms with Crippen LogP contribution in [0.3, 0.4) is 0 Å². The van der Waals surface area contributed by atoms with Gasteiger partial charge in [-0.25, -0.2) is 0 Å². The third-order valence-electron chi connectivity index (χ3n) is 2.86. The van der Waals surface area contributed by atoms with Crippen molar-refractivity contribution in [1.29, 1.82) is 5.26 Å². The summed E-state index contributed by atoms with van der Waals surface area (Å²) >= 11 is 0. The smallest absolute Gasteiger partial charge is 0.261 e. The summed E-state index contributed by atoms with van der Waals surface area (Å²) in [5.41, 5.74) is 0.984. The lowest BCUT2D eigenvalue weighted by Gasteiger charge is -2.03. The number of methoxy groups -OCH3 is 1. The number of para-hydroxylation sites is 1. The highest BCUT2D eigenvalue weighted by Gasteiger charge is 2.06. The molecule has 0 aliphatic rings. The molecule has 1 aromatic rings. The Hall–Kier alpha value is -2.54. The number of hydrogen-bond acceptors (Lipinski definition) is 3. The molecule has 0 atom stereocenters. The molecule has 110 valence electrons. The third kappa shape index (κ3) is 5.53. The number of hydrogen-bond donors (Lipinski definition) is 1. The molecule has 0 aromatic heterocycles. The second-order valence-electron chi connectivity index (χ2n) is 4.40. The van der Waals surface area contributed by atoms with Crippen molar-refractivity contribution >= 4 is 12.0 Å². The summed E-state index contributed by atoms with van der Waals surface area (Å²) in [6.45, 7) is 2.63. The van der Waals surface area contributed by atoms with Gasteiger partial charge in [-0.15, -0.1) is 0 Å². The first-order chi connectivity index (χ1) is 10.2. The number of benzene rings is 1. The largest absolute Gasteiger partial charge is 0.496 e. The number of nitriles is 1. The van der Waals surface area contributed by atoms with Crippen molar-refractivity contribution in [2.75, 3.05) is 13.7 Å². The van der Waals surface area contributed by atoms with Gasteiger partial charge in [0.2, 0.25) is 0 Å². The molecule has 1 N–H and O–H groups in total. The molecular formula is C17H20N2O2. The first kappa shape index (κ1) is 16.5. The summed E-state index contributed by atoms with van der Waals surface area (Å²) < 4.78 is 5.23. The van der Waals surface area contributed by atoms with Crippen LogP contribution in [-0.4, -0.2) is 19.6 Å². The lowest BCUT2D eigenvalue weighted by atomic mass is 10.1. The molecule has 0 aliphatic carbocycles. The van der Waals surface area contributed by atoms with Crippen LogP contribution >= 0.6 is 0 Å². The van der Waals surface area contributed by atoms with Crippen LogP contribution in [0.15, 0.2) is 42.0 Å². The predicted molar refractivity (Wildman–Crippen MR) is 83.6 cm³/mol. The van der Waals surface area contributed by atoms with Crippen molar-refractivity contribution in [3.05, 3.63) is 47.6 Å². The van der Waals surface area contributed by atoms with Gasteiger partial charge in [0.15, 0.2) is 0 Å². The number of unbranched alkanes of at least 4 members (excludes halogenated alkanes) is 1. The molecule has 0 radical (unpaired) electrons. The van der Waals surface area contributed by atoms with E-state index in [9.17, 15) is 4.79 Å². The number of rotatable bonds is 7. The molecule has 4 nitrogen and oxygen atoms in total. The maximum Gasteiger partial charge on any atom is 0.261 e. The first-order valence-corrected chi connectivity index (χ1v) is 6.92. The van der Waals surface area contributed by atoms with E-state index in [0.717, 1.165) is 24.2 Å². The Morgan fingerprint density at radius 3 is 2.86 bits per heavy atom. The molecule has 0 unspecified atom stereocenters. The molecule has 1 rings (SSSR count). The van der Waals surface area contributed by atoms with Crippen LogP contribution in [0, 0.1) is 11.3 Å². The summed E-state index contributed by atoms with van der Waals surface area (Å²) in [6.07, 6.45) is 6.89. The quantitative estimate of drug-likeness (QED) is 0.362. The fourth-order valence-electron chi connectivity index (χ4n) is 1.69. The minimum absolute atomic E-state index is 0.0947. The highest BCUT2D eigenvalue weighted by molar-refractivity contribution is 5.97. The Morgan fingerprint density at radius 2 is 2.19 bits per heavy atom. The van der Waals surface area contributed by atoms with E-state index in [2.05, 4.69) is 5.32 Å². The minimum Gasteiger partial charge on any atom is -0.496 e. The van der Waals surface area contributed by atoms with Gasteiger partial charge in [0.1, 0.15) is 17.4 Å². The third-order valence-corrected chi connectivity index (χ3v) is 2.86. The zero-order valence-electron chi connectivity index (χ0n) is 12.4. The number of carbonyl (C=O) groups is 1. The van der Waals surface area contributed by atoms with Crippen molar-refractivity contribution in [2.45, 2.75) is 19.8 Å². The Bertz CT molecular complexity index is 568. The summed E-state index contributed by atoms with van der Waals surface area (Å²) in [5.74, 6) is 0.406. The van der Waals surface area contributed by atoms with Crippen LogP contribution < -0.4 is 10.1 Å². The molecule has 0 fully saturated rings. The average molecular weight is 284 g/mol. The number of ether oxygens (including phenoxy) is 1. The molecule has 4 heteroatoms. The lowest BCUT2D eigenvalue weighted by Crippen LogP contribution is -2.25. The van der Waals surface area contributed by atoms with Crippen molar-refractivity contribution in [3.8, 4) is 11.8 Å². The summed E-state index contributed by atoms with van der Waals surface area (Å²) in [5, 5.41) is 11.7. The highest BCUT2D eigenvalue weighted by atomic mass is 16.5. The van der Waals surface area contributed by atoms with E-state index in [0.29, 0.717) is 6.54 Å². The lowest BCUT2D eigenvalue weighted by molar-refractivity contribution is -0.117. The molecule has 21 heavy (non-hydrogen) atoms. The fourth-order valence-corrected chi connectivity index (χ4v) is 1.69. The second-order valence-corrected chi connectivity index (χ2v) is 4.40. The molecule has 0 bridgehead atoms. The van der Waals surface area contributed by atoms with Crippen molar-refractivity contribution in [2.24, 2.45) is 0 Å². The summed E-state index contributed by atoms with van der Waals surface area (Å²) in [6, 6.07) is 9.44. The van der Waals surface area contributed by atoms with Gasteiger partial charge >= 0.3 is 0 Å². The van der Waals surface area contributed by atoms with E-state index in [1.54, 1.807) is 19.3 Å². The Kier molecular flexibility index (Phi) is 7.37. The topological polar surface area (TPSA) is 62.1 Å². The molecule has 0 saturated carbocycles. The first-order valence-electron chi connectivity index (χ1n) is 6.92. The van der Waals surface area contributed by atoms with Gasteiger partial charge in [-0.05, 0) is 18.6 Å². The molecule has 0 aliphatic heterocycles. The average Bonchev–Trinajstić information content (AvgIpc) is 2.52. The van der Waals surface area contributed by atoms with E-state index in [-0.39, 0.29) is 11.5 Å². The van der Waals surface area contributed by atoms with Gasteiger partial charge < -0.3 is 10.1 Å². The van der Waals surface area contributed by atoms with Crippen LogP contribution in [0.5, 0.6) is 5.75 Å². The number of amides is 1. The highest BCUT2D eigenvalue weighted by Crippen LogP contribution is 2.18. The normalized spacial score (nSPS) is 11.2. The van der Waals surface area contributed by atoms with Gasteiger partial charge in [0, 0.05) is 12.1 Å². The zero-order chi connectivity index (χ0) is 15.5. The minimum atomic E-state index is -0.337. The Balaban J connectivity index is 2.74. The van der Waals surface area contributed by atoms with Gasteiger partial charge in [-0.1, -0.05) is 43.7 Å². The van der Waals surface area contributed by atoms with E-state index in [1.165, 1.54) is 6.08 Å². The van der Waals surface area contributed by atoms with E-state index >= 15 is 0 Å². The summed E-state index contributed by atoms with van der Waals surface area (Å²) in [7, 11) is 1.60. The Labute approximate surface area is 125 Å². The van der Waals surface area contributed by atoms with E-state index in [1.807, 2.05) is 37.3 Å². The summed E-state index contributed by atoms with van der Waals surface area (Å²) in [4.78, 5) is 11.8. The van der Waals surface area contributed by atoms with Crippen molar-refractivity contribution in [1.82, 2.24) is 5.32 Å². The zero-order valence-corrected chi connectivity index (χ0v) is 12.4. The van der Waals surface area contributed by atoms with Crippen molar-refractivity contribution in [3.63, 3.8) is 0 Å². The van der Waals surface area contributed by atoms with Crippen molar-refractivity contribution < 1.29 is 9.53 Å². The predicted octanol–water partition coefficient (Wildman–Crippen LogP) is 3.07. The monoisotopic (exact) mass is 284 g/mol. The van der Waals surface area contributed by atoms with E-state index in [4.69, 9.17) is 10.00 Å². The maximum atomic E-state index is 11.8.